The average molecular weight is 298 g/mol. The summed E-state index contributed by atoms with van der Waals surface area (Å²) in [7, 11) is 1.93. The highest BCUT2D eigenvalue weighted by Gasteiger charge is 2.17. The Labute approximate surface area is 122 Å². The molecule has 102 valence electrons. The zero-order chi connectivity index (χ0) is 13.8. The van der Waals surface area contributed by atoms with E-state index in [1.54, 1.807) is 17.4 Å². The molecule has 1 atom stereocenters. The topological polar surface area (TPSA) is 12.0 Å². The maximum Gasteiger partial charge on any atom is 0.142 e. The van der Waals surface area contributed by atoms with Crippen LogP contribution in [-0.2, 0) is 12.8 Å². The Morgan fingerprint density at radius 1 is 1.32 bits per heavy atom. The number of aryl methyl sites for hydroxylation is 1. The van der Waals surface area contributed by atoms with Gasteiger partial charge < -0.3 is 5.32 Å². The van der Waals surface area contributed by atoms with Crippen molar-refractivity contribution in [3.63, 3.8) is 0 Å². The second kappa shape index (κ2) is 6.51. The largest absolute Gasteiger partial charge is 0.312 e. The summed E-state index contributed by atoms with van der Waals surface area (Å²) in [5, 5.41) is 5.64. The first-order valence-electron chi connectivity index (χ1n) is 6.33. The molecule has 19 heavy (non-hydrogen) atoms. The molecule has 2 rings (SSSR count). The van der Waals surface area contributed by atoms with E-state index < -0.39 is 0 Å². The van der Waals surface area contributed by atoms with E-state index in [1.807, 2.05) is 13.1 Å². The third-order valence-corrected chi connectivity index (χ3v) is 4.78. The molecule has 0 bridgehead atoms. The van der Waals surface area contributed by atoms with Crippen LogP contribution in [0, 0.1) is 5.82 Å². The Morgan fingerprint density at radius 2 is 2.11 bits per heavy atom. The van der Waals surface area contributed by atoms with Crippen LogP contribution >= 0.6 is 22.9 Å². The maximum absolute atomic E-state index is 13.5. The summed E-state index contributed by atoms with van der Waals surface area (Å²) in [5.41, 5.74) is 2.19. The summed E-state index contributed by atoms with van der Waals surface area (Å²) >= 11 is 7.77. The molecule has 0 radical (unpaired) electrons. The summed E-state index contributed by atoms with van der Waals surface area (Å²) in [6.45, 7) is 2.15. The van der Waals surface area contributed by atoms with Crippen LogP contribution in [0.3, 0.4) is 0 Å². The molecule has 2 aromatic rings. The fourth-order valence-electron chi connectivity index (χ4n) is 2.20. The van der Waals surface area contributed by atoms with Crippen LogP contribution in [0.5, 0.6) is 0 Å². The third-order valence-electron chi connectivity index (χ3n) is 3.28. The minimum Gasteiger partial charge on any atom is -0.312 e. The van der Waals surface area contributed by atoms with Crippen molar-refractivity contribution in [1.29, 1.82) is 0 Å². The first-order chi connectivity index (χ1) is 9.17. The van der Waals surface area contributed by atoms with Crippen molar-refractivity contribution in [3.05, 3.63) is 56.5 Å². The number of thiophene rings is 1. The lowest BCUT2D eigenvalue weighted by Crippen LogP contribution is -2.19. The average Bonchev–Trinajstić information content (AvgIpc) is 2.88. The van der Waals surface area contributed by atoms with Gasteiger partial charge in [-0.2, -0.15) is 0 Å². The molecule has 0 aliphatic rings. The van der Waals surface area contributed by atoms with E-state index in [0.717, 1.165) is 12.0 Å². The molecule has 0 saturated carbocycles. The van der Waals surface area contributed by atoms with Gasteiger partial charge in [-0.15, -0.1) is 11.3 Å². The Kier molecular flexibility index (Phi) is 4.97. The summed E-state index contributed by atoms with van der Waals surface area (Å²) in [6.07, 6.45) is 1.70. The minimum absolute atomic E-state index is 0.175. The van der Waals surface area contributed by atoms with E-state index in [2.05, 4.69) is 23.7 Å². The van der Waals surface area contributed by atoms with Crippen molar-refractivity contribution in [2.75, 3.05) is 7.05 Å². The normalized spacial score (nSPS) is 12.6. The third kappa shape index (κ3) is 3.16. The summed E-state index contributed by atoms with van der Waals surface area (Å²) in [6, 6.07) is 7.31. The van der Waals surface area contributed by atoms with Gasteiger partial charge in [-0.25, -0.2) is 4.39 Å². The number of halogens is 2. The van der Waals surface area contributed by atoms with Gasteiger partial charge in [0.15, 0.2) is 0 Å². The van der Waals surface area contributed by atoms with Gasteiger partial charge in [0.2, 0.25) is 0 Å². The Bertz CT molecular complexity index is 553. The fourth-order valence-corrected chi connectivity index (χ4v) is 3.51. The smallest absolute Gasteiger partial charge is 0.142 e. The molecule has 4 heteroatoms. The lowest BCUT2D eigenvalue weighted by Gasteiger charge is -2.17. The highest BCUT2D eigenvalue weighted by atomic mass is 35.5. The molecule has 0 spiro atoms. The molecule has 1 N–H and O–H groups in total. The molecule has 0 aliphatic heterocycles. The number of nitrogens with one attached hydrogen (secondary N) is 1. The molecule has 1 unspecified atom stereocenters. The lowest BCUT2D eigenvalue weighted by atomic mass is 10.0. The van der Waals surface area contributed by atoms with Gasteiger partial charge in [-0.05, 0) is 48.5 Å². The molecule has 1 nitrogen and oxygen atoms in total. The predicted octanol–water partition coefficient (Wildman–Crippen LogP) is 4.61. The second-order valence-electron chi connectivity index (χ2n) is 4.42. The van der Waals surface area contributed by atoms with Gasteiger partial charge in [-0.3, -0.25) is 0 Å². The first-order valence-corrected chi connectivity index (χ1v) is 7.59. The Balaban J connectivity index is 2.27. The Morgan fingerprint density at radius 3 is 2.79 bits per heavy atom. The van der Waals surface area contributed by atoms with E-state index in [-0.39, 0.29) is 16.9 Å². The van der Waals surface area contributed by atoms with Crippen LogP contribution in [0.15, 0.2) is 29.6 Å². The van der Waals surface area contributed by atoms with Gasteiger partial charge >= 0.3 is 0 Å². The summed E-state index contributed by atoms with van der Waals surface area (Å²) in [5.74, 6) is -0.351. The van der Waals surface area contributed by atoms with Crippen molar-refractivity contribution in [2.45, 2.75) is 25.8 Å². The van der Waals surface area contributed by atoms with Crippen molar-refractivity contribution in [2.24, 2.45) is 0 Å². The minimum atomic E-state index is -0.351. The van der Waals surface area contributed by atoms with E-state index >= 15 is 0 Å². The number of hydrogen-bond acceptors (Lipinski definition) is 2. The van der Waals surface area contributed by atoms with Gasteiger partial charge in [-0.1, -0.05) is 30.7 Å². The van der Waals surface area contributed by atoms with Gasteiger partial charge in [0.1, 0.15) is 5.82 Å². The quantitative estimate of drug-likeness (QED) is 0.850. The molecule has 0 aliphatic carbocycles. The van der Waals surface area contributed by atoms with Gasteiger partial charge in [0, 0.05) is 10.9 Å². The number of rotatable bonds is 5. The van der Waals surface area contributed by atoms with E-state index in [9.17, 15) is 4.39 Å². The highest BCUT2D eigenvalue weighted by Crippen LogP contribution is 2.30. The fraction of sp³-hybridized carbons (Fsp3) is 0.333. The van der Waals surface area contributed by atoms with E-state index in [1.165, 1.54) is 16.5 Å². The molecule has 0 amide bonds. The van der Waals surface area contributed by atoms with Crippen LogP contribution in [0.2, 0.25) is 5.02 Å². The van der Waals surface area contributed by atoms with Crippen LogP contribution in [0.4, 0.5) is 4.39 Å². The van der Waals surface area contributed by atoms with Crippen LogP contribution in [0.25, 0.3) is 0 Å². The molecule has 0 saturated heterocycles. The zero-order valence-electron chi connectivity index (χ0n) is 11.0. The highest BCUT2D eigenvalue weighted by molar-refractivity contribution is 7.10. The van der Waals surface area contributed by atoms with Crippen LogP contribution in [-0.4, -0.2) is 7.05 Å². The summed E-state index contributed by atoms with van der Waals surface area (Å²) in [4.78, 5) is 1.31. The molecule has 0 fully saturated rings. The van der Waals surface area contributed by atoms with Crippen molar-refractivity contribution in [1.82, 2.24) is 5.32 Å². The molecule has 1 aromatic heterocycles. The molecule has 1 heterocycles. The lowest BCUT2D eigenvalue weighted by molar-refractivity contribution is 0.589. The number of benzene rings is 1. The predicted molar refractivity (Wildman–Crippen MR) is 80.6 cm³/mol. The second-order valence-corrected chi connectivity index (χ2v) is 5.75. The maximum atomic E-state index is 13.5. The van der Waals surface area contributed by atoms with E-state index in [0.29, 0.717) is 6.42 Å². The molecular weight excluding hydrogens is 281 g/mol. The van der Waals surface area contributed by atoms with Crippen molar-refractivity contribution in [3.8, 4) is 0 Å². The Hall–Kier alpha value is -0.900. The molecular formula is C15H17ClFNS. The monoisotopic (exact) mass is 297 g/mol. The number of likely N-dealkylation sites (N-methyl/N-ethyl adjacent to an activating group) is 1. The SMILES string of the molecule is CCc1ccsc1C(Cc1cccc(F)c1Cl)NC. The zero-order valence-corrected chi connectivity index (χ0v) is 12.6. The summed E-state index contributed by atoms with van der Waals surface area (Å²) < 4.78 is 13.5. The van der Waals surface area contributed by atoms with Gasteiger partial charge in [0.25, 0.3) is 0 Å². The standard InChI is InChI=1S/C15H17ClFNS/c1-3-10-7-8-19-15(10)13(18-2)9-11-5-4-6-12(17)14(11)16/h4-8,13,18H,3,9H2,1-2H3. The van der Waals surface area contributed by atoms with E-state index in [4.69, 9.17) is 11.6 Å². The number of hydrogen-bond donors (Lipinski definition) is 1. The van der Waals surface area contributed by atoms with Crippen molar-refractivity contribution < 1.29 is 4.39 Å². The van der Waals surface area contributed by atoms with Gasteiger partial charge in [0.05, 0.1) is 5.02 Å². The van der Waals surface area contributed by atoms with Crippen molar-refractivity contribution >= 4 is 22.9 Å². The first kappa shape index (κ1) is 14.5. The van der Waals surface area contributed by atoms with Crippen LogP contribution in [0.1, 0.15) is 29.0 Å². The molecule has 1 aromatic carbocycles. The van der Waals surface area contributed by atoms with Crippen LogP contribution < -0.4 is 5.32 Å².